The molecule has 1 aliphatic rings. The van der Waals surface area contributed by atoms with Gasteiger partial charge in [-0.25, -0.2) is 4.39 Å². The maximum atomic E-state index is 14.2. The van der Waals surface area contributed by atoms with Crippen molar-refractivity contribution in [3.8, 4) is 5.75 Å². The van der Waals surface area contributed by atoms with Gasteiger partial charge in [0.1, 0.15) is 0 Å². The van der Waals surface area contributed by atoms with Crippen molar-refractivity contribution in [2.24, 2.45) is 11.8 Å². The summed E-state index contributed by atoms with van der Waals surface area (Å²) in [5.74, 6) is 1.39. The summed E-state index contributed by atoms with van der Waals surface area (Å²) in [4.78, 5) is 0. The quantitative estimate of drug-likeness (QED) is 0.619. The Bertz CT molecular complexity index is 545. The van der Waals surface area contributed by atoms with Gasteiger partial charge in [0, 0.05) is 0 Å². The monoisotopic (exact) mass is 302 g/mol. The van der Waals surface area contributed by atoms with Crippen molar-refractivity contribution in [1.82, 2.24) is 0 Å². The summed E-state index contributed by atoms with van der Waals surface area (Å²) in [6.45, 7) is 6.30. The third-order valence-electron chi connectivity index (χ3n) is 4.49. The fraction of sp³-hybridized carbons (Fsp3) is 0.500. The molecule has 1 nitrogen and oxygen atoms in total. The number of benzene rings is 1. The van der Waals surface area contributed by atoms with Crippen LogP contribution in [-0.4, -0.2) is 6.61 Å². The molecule has 0 N–H and O–H groups in total. The van der Waals surface area contributed by atoms with E-state index in [2.05, 4.69) is 31.2 Å². The fourth-order valence-corrected chi connectivity index (χ4v) is 3.13. The Hall–Kier alpha value is -1.57. The van der Waals surface area contributed by atoms with Crippen LogP contribution in [0, 0.1) is 24.6 Å². The van der Waals surface area contributed by atoms with Crippen molar-refractivity contribution in [1.29, 1.82) is 0 Å². The van der Waals surface area contributed by atoms with Crippen molar-refractivity contribution in [3.05, 3.63) is 53.4 Å². The van der Waals surface area contributed by atoms with Gasteiger partial charge in [-0.3, -0.25) is 0 Å². The van der Waals surface area contributed by atoms with Gasteiger partial charge in [-0.15, -0.1) is 0 Å². The topological polar surface area (TPSA) is 9.23 Å². The predicted octanol–water partition coefficient (Wildman–Crippen LogP) is 5.62. The Morgan fingerprint density at radius 3 is 2.73 bits per heavy atom. The minimum atomic E-state index is -0.202. The number of allylic oxidation sites excluding steroid dienone is 4. The summed E-state index contributed by atoms with van der Waals surface area (Å²) in [6, 6.07) is 3.78. The molecule has 22 heavy (non-hydrogen) atoms. The molecule has 0 amide bonds. The highest BCUT2D eigenvalue weighted by Crippen LogP contribution is 2.29. The summed E-state index contributed by atoms with van der Waals surface area (Å²) in [6.07, 6.45) is 13.5. The van der Waals surface area contributed by atoms with Gasteiger partial charge in [0.25, 0.3) is 0 Å². The highest BCUT2D eigenvalue weighted by molar-refractivity contribution is 5.37. The Morgan fingerprint density at radius 1 is 1.27 bits per heavy atom. The van der Waals surface area contributed by atoms with Crippen LogP contribution < -0.4 is 4.74 Å². The van der Waals surface area contributed by atoms with Crippen LogP contribution in [-0.2, 0) is 6.42 Å². The van der Waals surface area contributed by atoms with E-state index < -0.39 is 0 Å². The van der Waals surface area contributed by atoms with E-state index in [1.165, 1.54) is 12.8 Å². The molecule has 1 aromatic rings. The smallest absolute Gasteiger partial charge is 0.168 e. The van der Waals surface area contributed by atoms with Gasteiger partial charge in [0.05, 0.1) is 6.61 Å². The standard InChI is InChI=1S/C20H27FO/c1-4-6-16-7-9-17(10-8-16)11-12-18-13-14-19(22-5-2)20(21)15(18)3/h4,6-7,9,13-14,16-17H,5,8,10-12H2,1-3H3/b6-4+. The lowest BCUT2D eigenvalue weighted by atomic mass is 9.85. The van der Waals surface area contributed by atoms with Crippen LogP contribution in [0.25, 0.3) is 0 Å². The number of hydrogen-bond acceptors (Lipinski definition) is 1. The van der Waals surface area contributed by atoms with Crippen molar-refractivity contribution < 1.29 is 9.13 Å². The normalized spacial score (nSPS) is 21.5. The molecule has 0 saturated heterocycles. The molecule has 120 valence electrons. The number of hydrogen-bond donors (Lipinski definition) is 0. The number of halogens is 1. The first-order valence-electron chi connectivity index (χ1n) is 8.37. The summed E-state index contributed by atoms with van der Waals surface area (Å²) >= 11 is 0. The third kappa shape index (κ3) is 4.22. The maximum absolute atomic E-state index is 14.2. The zero-order valence-corrected chi connectivity index (χ0v) is 13.9. The zero-order chi connectivity index (χ0) is 15.9. The number of rotatable bonds is 6. The molecule has 1 aromatic carbocycles. The van der Waals surface area contributed by atoms with E-state index in [1.54, 1.807) is 6.07 Å². The second-order valence-corrected chi connectivity index (χ2v) is 6.05. The average molecular weight is 302 g/mol. The molecule has 2 rings (SSSR count). The molecule has 2 unspecified atom stereocenters. The molecule has 0 radical (unpaired) electrons. The van der Waals surface area contributed by atoms with Gasteiger partial charge in [-0.2, -0.15) is 0 Å². The molecule has 0 saturated carbocycles. The summed E-state index contributed by atoms with van der Waals surface area (Å²) in [7, 11) is 0. The molecular formula is C20H27FO. The Labute approximate surface area is 133 Å². The lowest BCUT2D eigenvalue weighted by Gasteiger charge is -2.21. The van der Waals surface area contributed by atoms with E-state index in [-0.39, 0.29) is 5.82 Å². The molecule has 0 aliphatic heterocycles. The van der Waals surface area contributed by atoms with E-state index in [0.29, 0.717) is 24.2 Å². The van der Waals surface area contributed by atoms with Crippen molar-refractivity contribution in [2.75, 3.05) is 6.61 Å². The van der Waals surface area contributed by atoms with Gasteiger partial charge < -0.3 is 4.74 Å². The van der Waals surface area contributed by atoms with E-state index in [9.17, 15) is 4.39 Å². The molecule has 0 aromatic heterocycles. The fourth-order valence-electron chi connectivity index (χ4n) is 3.13. The summed E-state index contributed by atoms with van der Waals surface area (Å²) < 4.78 is 19.5. The van der Waals surface area contributed by atoms with Crippen LogP contribution in [0.5, 0.6) is 5.75 Å². The Kier molecular flexibility index (Phi) is 6.23. The van der Waals surface area contributed by atoms with Crippen molar-refractivity contribution in [2.45, 2.75) is 46.5 Å². The molecule has 2 atom stereocenters. The molecule has 0 heterocycles. The van der Waals surface area contributed by atoms with E-state index in [0.717, 1.165) is 24.0 Å². The van der Waals surface area contributed by atoms with Crippen LogP contribution in [0.15, 0.2) is 36.4 Å². The van der Waals surface area contributed by atoms with Gasteiger partial charge in [0.2, 0.25) is 0 Å². The Morgan fingerprint density at radius 2 is 2.09 bits per heavy atom. The average Bonchev–Trinajstić information content (AvgIpc) is 2.53. The predicted molar refractivity (Wildman–Crippen MR) is 90.8 cm³/mol. The van der Waals surface area contributed by atoms with Gasteiger partial charge in [0.15, 0.2) is 11.6 Å². The summed E-state index contributed by atoms with van der Waals surface area (Å²) in [5, 5.41) is 0. The maximum Gasteiger partial charge on any atom is 0.168 e. The van der Waals surface area contributed by atoms with Gasteiger partial charge in [-0.05, 0) is 75.5 Å². The minimum Gasteiger partial charge on any atom is -0.491 e. The molecule has 2 heteroatoms. The molecule has 0 fully saturated rings. The number of ether oxygens (including phenoxy) is 1. The second-order valence-electron chi connectivity index (χ2n) is 6.05. The van der Waals surface area contributed by atoms with Gasteiger partial charge >= 0.3 is 0 Å². The first-order valence-corrected chi connectivity index (χ1v) is 8.37. The Balaban J connectivity index is 1.95. The highest BCUT2D eigenvalue weighted by atomic mass is 19.1. The van der Waals surface area contributed by atoms with Crippen LogP contribution in [0.2, 0.25) is 0 Å². The highest BCUT2D eigenvalue weighted by Gasteiger charge is 2.15. The van der Waals surface area contributed by atoms with E-state index in [1.807, 2.05) is 19.9 Å². The molecule has 0 bridgehead atoms. The summed E-state index contributed by atoms with van der Waals surface area (Å²) in [5.41, 5.74) is 1.84. The van der Waals surface area contributed by atoms with Crippen LogP contribution >= 0.6 is 0 Å². The van der Waals surface area contributed by atoms with Crippen molar-refractivity contribution >= 4 is 0 Å². The lowest BCUT2D eigenvalue weighted by molar-refractivity contribution is 0.320. The lowest BCUT2D eigenvalue weighted by Crippen LogP contribution is -2.09. The van der Waals surface area contributed by atoms with E-state index in [4.69, 9.17) is 4.74 Å². The molecular weight excluding hydrogens is 275 g/mol. The van der Waals surface area contributed by atoms with E-state index >= 15 is 0 Å². The first-order chi connectivity index (χ1) is 10.7. The largest absolute Gasteiger partial charge is 0.491 e. The molecule has 1 aliphatic carbocycles. The number of aryl methyl sites for hydroxylation is 1. The first kappa shape index (κ1) is 16.8. The molecule has 0 spiro atoms. The van der Waals surface area contributed by atoms with Crippen LogP contribution in [0.3, 0.4) is 0 Å². The minimum absolute atomic E-state index is 0.202. The van der Waals surface area contributed by atoms with Gasteiger partial charge in [-0.1, -0.05) is 30.4 Å². The third-order valence-corrected chi connectivity index (χ3v) is 4.49. The van der Waals surface area contributed by atoms with Crippen LogP contribution in [0.1, 0.15) is 44.2 Å². The van der Waals surface area contributed by atoms with Crippen LogP contribution in [0.4, 0.5) is 4.39 Å². The SMILES string of the molecule is C/C=C/C1C=CC(CCc2ccc(OCC)c(F)c2C)CC1. The zero-order valence-electron chi connectivity index (χ0n) is 13.9. The van der Waals surface area contributed by atoms with Crippen molar-refractivity contribution in [3.63, 3.8) is 0 Å². The second kappa shape index (κ2) is 8.17.